The molecular weight excluding hydrogens is 232 g/mol. The molecule has 0 atom stereocenters. The lowest BCUT2D eigenvalue weighted by molar-refractivity contribution is 0.712. The summed E-state index contributed by atoms with van der Waals surface area (Å²) in [5.74, 6) is 0. The van der Waals surface area contributed by atoms with Crippen LogP contribution in [0, 0.1) is 0 Å². The highest BCUT2D eigenvalue weighted by Gasteiger charge is 2.06. The van der Waals surface area contributed by atoms with Crippen LogP contribution in [0.2, 0.25) is 5.02 Å². The molecule has 1 aromatic heterocycles. The highest BCUT2D eigenvalue weighted by molar-refractivity contribution is 6.35. The van der Waals surface area contributed by atoms with Crippen LogP contribution >= 0.6 is 11.6 Å². The van der Waals surface area contributed by atoms with Gasteiger partial charge in [-0.15, -0.1) is 0 Å². The Labute approximate surface area is 104 Å². The molecule has 2 nitrogen and oxygen atoms in total. The van der Waals surface area contributed by atoms with Crippen LogP contribution in [0.3, 0.4) is 0 Å². The van der Waals surface area contributed by atoms with Gasteiger partial charge in [0.1, 0.15) is 0 Å². The molecule has 0 spiro atoms. The molecule has 0 fully saturated rings. The Morgan fingerprint density at radius 3 is 2.65 bits per heavy atom. The maximum atomic E-state index is 6.21. The van der Waals surface area contributed by atoms with Crippen molar-refractivity contribution in [1.29, 1.82) is 0 Å². The van der Waals surface area contributed by atoms with Crippen molar-refractivity contribution in [2.75, 3.05) is 0 Å². The van der Waals surface area contributed by atoms with Gasteiger partial charge in [-0.1, -0.05) is 54.1 Å². The molecule has 0 aliphatic heterocycles. The van der Waals surface area contributed by atoms with E-state index < -0.39 is 0 Å². The summed E-state index contributed by atoms with van der Waals surface area (Å²) in [6.45, 7) is 0.744. The quantitative estimate of drug-likeness (QED) is 0.669. The summed E-state index contributed by atoms with van der Waals surface area (Å²) in [6, 6.07) is 16.1. The first-order chi connectivity index (χ1) is 8.34. The molecule has 0 saturated carbocycles. The maximum absolute atomic E-state index is 6.21. The molecule has 3 rings (SSSR count). The molecule has 0 saturated heterocycles. The maximum Gasteiger partial charge on any atom is 0.0872 e. The van der Waals surface area contributed by atoms with Crippen molar-refractivity contribution in [3.05, 3.63) is 65.3 Å². The second-order valence-electron chi connectivity index (χ2n) is 3.97. The summed E-state index contributed by atoms with van der Waals surface area (Å²) in [7, 11) is 0. The lowest BCUT2D eigenvalue weighted by Gasteiger charge is -2.04. The van der Waals surface area contributed by atoms with E-state index in [1.165, 1.54) is 5.56 Å². The van der Waals surface area contributed by atoms with Crippen LogP contribution in [-0.2, 0) is 6.54 Å². The molecule has 0 amide bonds. The fourth-order valence-electron chi connectivity index (χ4n) is 1.97. The minimum atomic E-state index is 0.744. The Bertz CT molecular complexity index is 644. The molecule has 3 aromatic rings. The smallest absolute Gasteiger partial charge is 0.0872 e. The number of aromatic nitrogens is 2. The third-order valence-corrected chi connectivity index (χ3v) is 3.09. The van der Waals surface area contributed by atoms with Crippen molar-refractivity contribution in [3.63, 3.8) is 0 Å². The molecule has 2 aromatic carbocycles. The van der Waals surface area contributed by atoms with Crippen molar-refractivity contribution in [2.24, 2.45) is 0 Å². The van der Waals surface area contributed by atoms with Crippen molar-refractivity contribution >= 4 is 22.5 Å². The first-order valence-electron chi connectivity index (χ1n) is 5.48. The molecule has 0 radical (unpaired) electrons. The lowest BCUT2D eigenvalue weighted by atomic mass is 10.2. The van der Waals surface area contributed by atoms with E-state index in [2.05, 4.69) is 17.2 Å². The average Bonchev–Trinajstić information content (AvgIpc) is 2.75. The summed E-state index contributed by atoms with van der Waals surface area (Å²) < 4.78 is 1.94. The summed E-state index contributed by atoms with van der Waals surface area (Å²) in [5, 5.41) is 6.21. The summed E-state index contributed by atoms with van der Waals surface area (Å²) in [5.41, 5.74) is 2.22. The minimum Gasteiger partial charge on any atom is -0.259 e. The van der Waals surface area contributed by atoms with Gasteiger partial charge in [-0.2, -0.15) is 5.10 Å². The van der Waals surface area contributed by atoms with Gasteiger partial charge in [-0.3, -0.25) is 4.68 Å². The van der Waals surface area contributed by atoms with E-state index in [0.717, 1.165) is 22.5 Å². The second kappa shape index (κ2) is 4.22. The highest BCUT2D eigenvalue weighted by Crippen LogP contribution is 2.23. The number of rotatable bonds is 2. The Hall–Kier alpha value is -1.80. The fraction of sp³-hybridized carbons (Fsp3) is 0.0714. The van der Waals surface area contributed by atoms with Gasteiger partial charge in [0, 0.05) is 5.39 Å². The van der Waals surface area contributed by atoms with E-state index in [1.807, 2.05) is 47.3 Å². The summed E-state index contributed by atoms with van der Waals surface area (Å²) in [4.78, 5) is 0. The third-order valence-electron chi connectivity index (χ3n) is 2.79. The van der Waals surface area contributed by atoms with Gasteiger partial charge >= 0.3 is 0 Å². The van der Waals surface area contributed by atoms with Gasteiger partial charge in [0.25, 0.3) is 0 Å². The summed E-state index contributed by atoms with van der Waals surface area (Å²) in [6.07, 6.45) is 1.85. The van der Waals surface area contributed by atoms with E-state index in [-0.39, 0.29) is 0 Å². The topological polar surface area (TPSA) is 17.8 Å². The minimum absolute atomic E-state index is 0.744. The largest absolute Gasteiger partial charge is 0.259 e. The Balaban J connectivity index is 2.07. The summed E-state index contributed by atoms with van der Waals surface area (Å²) >= 11 is 6.21. The first-order valence-corrected chi connectivity index (χ1v) is 5.86. The number of para-hydroxylation sites is 1. The first kappa shape index (κ1) is 10.4. The van der Waals surface area contributed by atoms with Gasteiger partial charge in [0.2, 0.25) is 0 Å². The SMILES string of the molecule is Clc1cccc2cnn(Cc3ccccc3)c12. The molecule has 0 N–H and O–H groups in total. The van der Waals surface area contributed by atoms with E-state index in [1.54, 1.807) is 0 Å². The van der Waals surface area contributed by atoms with Crippen molar-refractivity contribution in [1.82, 2.24) is 9.78 Å². The molecule has 1 heterocycles. The van der Waals surface area contributed by atoms with Crippen molar-refractivity contribution < 1.29 is 0 Å². The van der Waals surface area contributed by atoms with Crippen molar-refractivity contribution in [3.8, 4) is 0 Å². The molecule has 0 bridgehead atoms. The zero-order valence-corrected chi connectivity index (χ0v) is 9.93. The van der Waals surface area contributed by atoms with Crippen LogP contribution in [0.1, 0.15) is 5.56 Å². The van der Waals surface area contributed by atoms with Crippen LogP contribution in [0.5, 0.6) is 0 Å². The zero-order valence-electron chi connectivity index (χ0n) is 9.18. The normalized spacial score (nSPS) is 10.9. The Morgan fingerprint density at radius 2 is 1.82 bits per heavy atom. The van der Waals surface area contributed by atoms with Crippen LogP contribution in [0.25, 0.3) is 10.9 Å². The van der Waals surface area contributed by atoms with E-state index in [4.69, 9.17) is 11.6 Å². The van der Waals surface area contributed by atoms with Crippen LogP contribution in [-0.4, -0.2) is 9.78 Å². The lowest BCUT2D eigenvalue weighted by Crippen LogP contribution is -2.01. The molecule has 0 unspecified atom stereocenters. The number of hydrogen-bond acceptors (Lipinski definition) is 1. The number of benzene rings is 2. The van der Waals surface area contributed by atoms with Crippen molar-refractivity contribution in [2.45, 2.75) is 6.54 Å². The zero-order chi connectivity index (χ0) is 11.7. The third kappa shape index (κ3) is 1.92. The standard InChI is InChI=1S/C14H11ClN2/c15-13-8-4-7-12-9-16-17(14(12)13)10-11-5-2-1-3-6-11/h1-9H,10H2. The number of halogens is 1. The number of nitrogens with zero attached hydrogens (tertiary/aromatic N) is 2. The van der Waals surface area contributed by atoms with E-state index in [9.17, 15) is 0 Å². The van der Waals surface area contributed by atoms with Crippen LogP contribution < -0.4 is 0 Å². The fourth-order valence-corrected chi connectivity index (χ4v) is 2.25. The molecule has 84 valence electrons. The van der Waals surface area contributed by atoms with Gasteiger partial charge in [-0.25, -0.2) is 0 Å². The highest BCUT2D eigenvalue weighted by atomic mass is 35.5. The number of hydrogen-bond donors (Lipinski definition) is 0. The molecule has 0 aliphatic rings. The monoisotopic (exact) mass is 242 g/mol. The molecule has 3 heteroatoms. The predicted molar refractivity (Wildman–Crippen MR) is 70.3 cm³/mol. The van der Waals surface area contributed by atoms with E-state index in [0.29, 0.717) is 0 Å². The molecule has 0 aliphatic carbocycles. The van der Waals surface area contributed by atoms with Gasteiger partial charge in [0.05, 0.1) is 23.3 Å². The average molecular weight is 243 g/mol. The van der Waals surface area contributed by atoms with E-state index >= 15 is 0 Å². The number of fused-ring (bicyclic) bond motifs is 1. The molecule has 17 heavy (non-hydrogen) atoms. The second-order valence-corrected chi connectivity index (χ2v) is 4.37. The van der Waals surface area contributed by atoms with Crippen LogP contribution in [0.15, 0.2) is 54.7 Å². The Morgan fingerprint density at radius 1 is 1.00 bits per heavy atom. The van der Waals surface area contributed by atoms with Gasteiger partial charge in [0.15, 0.2) is 0 Å². The van der Waals surface area contributed by atoms with Gasteiger partial charge < -0.3 is 0 Å². The molecular formula is C14H11ClN2. The Kier molecular flexibility index (Phi) is 2.57. The predicted octanol–water partition coefficient (Wildman–Crippen LogP) is 3.74. The van der Waals surface area contributed by atoms with Crippen LogP contribution in [0.4, 0.5) is 0 Å². The van der Waals surface area contributed by atoms with Gasteiger partial charge in [-0.05, 0) is 11.6 Å².